The predicted octanol–water partition coefficient (Wildman–Crippen LogP) is 0.363. The minimum absolute atomic E-state index is 0.320. The maximum Gasteiger partial charge on any atom is 0.250 e. The van der Waals surface area contributed by atoms with Crippen LogP contribution in [0.5, 0.6) is 0 Å². The van der Waals surface area contributed by atoms with Gasteiger partial charge in [-0.1, -0.05) is 5.16 Å². The van der Waals surface area contributed by atoms with E-state index in [0.717, 1.165) is 0 Å². The number of nitrogens with one attached hydrogen (secondary N) is 1. The number of carbonyl (C=O) groups excluding carboxylic acids is 1. The highest BCUT2D eigenvalue weighted by Gasteiger charge is 2.09. The zero-order valence-corrected chi connectivity index (χ0v) is 8.88. The molecule has 0 spiro atoms. The number of hydrogen-bond acceptors (Lipinski definition) is 6. The van der Waals surface area contributed by atoms with E-state index in [1.165, 1.54) is 6.39 Å². The van der Waals surface area contributed by atoms with E-state index in [1.54, 1.807) is 18.2 Å². The van der Waals surface area contributed by atoms with Crippen LogP contribution in [0.25, 0.3) is 0 Å². The summed E-state index contributed by atoms with van der Waals surface area (Å²) in [6.45, 7) is 0.320. The van der Waals surface area contributed by atoms with Crippen molar-refractivity contribution < 1.29 is 9.32 Å². The van der Waals surface area contributed by atoms with Crippen molar-refractivity contribution in [1.82, 2.24) is 10.1 Å². The lowest BCUT2D eigenvalue weighted by atomic mass is 10.1. The first-order valence-electron chi connectivity index (χ1n) is 4.85. The summed E-state index contributed by atoms with van der Waals surface area (Å²) in [4.78, 5) is 15.0. The van der Waals surface area contributed by atoms with Crippen LogP contribution in [-0.2, 0) is 6.54 Å². The third kappa shape index (κ3) is 2.51. The van der Waals surface area contributed by atoms with Gasteiger partial charge in [0.1, 0.15) is 0 Å². The number of primary amides is 1. The van der Waals surface area contributed by atoms with Crippen molar-refractivity contribution in [2.45, 2.75) is 6.54 Å². The highest BCUT2D eigenvalue weighted by molar-refractivity contribution is 5.99. The number of anilines is 2. The van der Waals surface area contributed by atoms with Gasteiger partial charge in [0.05, 0.1) is 12.1 Å². The van der Waals surface area contributed by atoms with E-state index in [0.29, 0.717) is 29.3 Å². The first kappa shape index (κ1) is 10.9. The van der Waals surface area contributed by atoms with Crippen LogP contribution in [0.1, 0.15) is 16.2 Å². The molecule has 1 aromatic carbocycles. The molecule has 0 aliphatic heterocycles. The maximum absolute atomic E-state index is 11.2. The van der Waals surface area contributed by atoms with Gasteiger partial charge in [0.15, 0.2) is 5.82 Å². The van der Waals surface area contributed by atoms with Gasteiger partial charge in [-0.25, -0.2) is 0 Å². The molecule has 5 N–H and O–H groups in total. The van der Waals surface area contributed by atoms with Gasteiger partial charge in [0.25, 0.3) is 5.91 Å². The van der Waals surface area contributed by atoms with Gasteiger partial charge in [-0.3, -0.25) is 4.79 Å². The molecule has 0 saturated carbocycles. The van der Waals surface area contributed by atoms with Gasteiger partial charge in [-0.05, 0) is 18.2 Å². The van der Waals surface area contributed by atoms with Gasteiger partial charge >= 0.3 is 0 Å². The summed E-state index contributed by atoms with van der Waals surface area (Å²) in [7, 11) is 0. The van der Waals surface area contributed by atoms with E-state index in [4.69, 9.17) is 11.5 Å². The summed E-state index contributed by atoms with van der Waals surface area (Å²) in [6, 6.07) is 4.80. The first-order valence-corrected chi connectivity index (χ1v) is 4.85. The summed E-state index contributed by atoms with van der Waals surface area (Å²) < 4.78 is 4.59. The standard InChI is InChI=1S/C10H11N5O2/c11-6-1-2-7(10(12)16)8(3-6)13-4-9-14-5-17-15-9/h1-3,5,13H,4,11H2,(H2,12,16). The smallest absolute Gasteiger partial charge is 0.250 e. The van der Waals surface area contributed by atoms with Crippen LogP contribution in [-0.4, -0.2) is 16.0 Å². The van der Waals surface area contributed by atoms with E-state index in [-0.39, 0.29) is 0 Å². The Bertz CT molecular complexity index is 523. The second kappa shape index (κ2) is 4.52. The van der Waals surface area contributed by atoms with Gasteiger partial charge in [-0.15, -0.1) is 0 Å². The van der Waals surface area contributed by atoms with E-state index < -0.39 is 5.91 Å². The van der Waals surface area contributed by atoms with Crippen molar-refractivity contribution >= 4 is 17.3 Å². The summed E-state index contributed by atoms with van der Waals surface area (Å²) >= 11 is 0. The van der Waals surface area contributed by atoms with Gasteiger partial charge in [0, 0.05) is 11.4 Å². The lowest BCUT2D eigenvalue weighted by Crippen LogP contribution is -2.15. The fraction of sp³-hybridized carbons (Fsp3) is 0.100. The Morgan fingerprint density at radius 1 is 1.47 bits per heavy atom. The van der Waals surface area contributed by atoms with Crippen LogP contribution in [0, 0.1) is 0 Å². The fourth-order valence-electron chi connectivity index (χ4n) is 1.37. The third-order valence-corrected chi connectivity index (χ3v) is 2.15. The molecule has 0 aliphatic carbocycles. The zero-order valence-electron chi connectivity index (χ0n) is 8.88. The van der Waals surface area contributed by atoms with Crippen LogP contribution >= 0.6 is 0 Å². The predicted molar refractivity (Wildman–Crippen MR) is 61.0 cm³/mol. The Hall–Kier alpha value is -2.57. The van der Waals surface area contributed by atoms with Crippen molar-refractivity contribution in [3.05, 3.63) is 36.0 Å². The van der Waals surface area contributed by atoms with E-state index >= 15 is 0 Å². The Kier molecular flexibility index (Phi) is 2.91. The van der Waals surface area contributed by atoms with Crippen LogP contribution < -0.4 is 16.8 Å². The number of rotatable bonds is 4. The first-order chi connectivity index (χ1) is 8.16. The maximum atomic E-state index is 11.2. The molecule has 0 bridgehead atoms. The molecule has 0 aliphatic rings. The number of hydrogen-bond donors (Lipinski definition) is 3. The summed E-state index contributed by atoms with van der Waals surface area (Å²) in [5.41, 5.74) is 12.3. The van der Waals surface area contributed by atoms with E-state index in [1.807, 2.05) is 0 Å². The fourth-order valence-corrected chi connectivity index (χ4v) is 1.37. The van der Waals surface area contributed by atoms with E-state index in [2.05, 4.69) is 20.0 Å². The summed E-state index contributed by atoms with van der Waals surface area (Å²) in [5, 5.41) is 6.60. The molecule has 7 heteroatoms. The molecule has 0 fully saturated rings. The Labute approximate surface area is 96.8 Å². The quantitative estimate of drug-likeness (QED) is 0.656. The average Bonchev–Trinajstić information content (AvgIpc) is 2.78. The number of carbonyl (C=O) groups is 1. The Morgan fingerprint density at radius 3 is 2.94 bits per heavy atom. The van der Waals surface area contributed by atoms with Crippen LogP contribution in [0.3, 0.4) is 0 Å². The lowest BCUT2D eigenvalue weighted by Gasteiger charge is -2.09. The Morgan fingerprint density at radius 2 is 2.29 bits per heavy atom. The highest BCUT2D eigenvalue weighted by Crippen LogP contribution is 2.19. The normalized spacial score (nSPS) is 10.1. The van der Waals surface area contributed by atoms with Crippen LogP contribution in [0.15, 0.2) is 29.1 Å². The highest BCUT2D eigenvalue weighted by atomic mass is 16.5. The molecule has 0 saturated heterocycles. The van der Waals surface area contributed by atoms with Gasteiger partial charge in [-0.2, -0.15) is 4.98 Å². The van der Waals surface area contributed by atoms with Crippen LogP contribution in [0.2, 0.25) is 0 Å². The largest absolute Gasteiger partial charge is 0.399 e. The van der Waals surface area contributed by atoms with Crippen molar-refractivity contribution in [1.29, 1.82) is 0 Å². The SMILES string of the molecule is NC(=O)c1ccc(N)cc1NCc1ncon1. The molecule has 0 radical (unpaired) electrons. The molecule has 1 amide bonds. The summed E-state index contributed by atoms with van der Waals surface area (Å²) in [5.74, 6) is -0.0524. The number of amides is 1. The molecule has 7 nitrogen and oxygen atoms in total. The molecular formula is C10H11N5O2. The monoisotopic (exact) mass is 233 g/mol. The minimum atomic E-state index is -0.527. The number of nitrogens with two attached hydrogens (primary N) is 2. The van der Waals surface area contributed by atoms with Crippen LogP contribution in [0.4, 0.5) is 11.4 Å². The zero-order chi connectivity index (χ0) is 12.3. The second-order valence-corrected chi connectivity index (χ2v) is 3.37. The number of nitrogens with zero attached hydrogens (tertiary/aromatic N) is 2. The molecule has 1 heterocycles. The van der Waals surface area contributed by atoms with E-state index in [9.17, 15) is 4.79 Å². The third-order valence-electron chi connectivity index (χ3n) is 2.15. The Balaban J connectivity index is 2.19. The van der Waals surface area contributed by atoms with Crippen molar-refractivity contribution in [3.63, 3.8) is 0 Å². The van der Waals surface area contributed by atoms with Gasteiger partial charge < -0.3 is 21.3 Å². The number of nitrogen functional groups attached to an aromatic ring is 1. The lowest BCUT2D eigenvalue weighted by molar-refractivity contribution is 0.100. The van der Waals surface area contributed by atoms with Crippen molar-refractivity contribution in [3.8, 4) is 0 Å². The summed E-state index contributed by atoms with van der Waals surface area (Å²) in [6.07, 6.45) is 1.23. The molecule has 2 aromatic rings. The molecule has 1 aromatic heterocycles. The molecule has 0 unspecified atom stereocenters. The van der Waals surface area contributed by atoms with Gasteiger partial charge in [0.2, 0.25) is 6.39 Å². The molecule has 88 valence electrons. The number of aromatic nitrogens is 2. The number of benzene rings is 1. The topological polar surface area (TPSA) is 120 Å². The average molecular weight is 233 g/mol. The molecule has 2 rings (SSSR count). The molecular weight excluding hydrogens is 222 g/mol. The molecule has 17 heavy (non-hydrogen) atoms. The molecule has 0 atom stereocenters. The minimum Gasteiger partial charge on any atom is -0.399 e. The van der Waals surface area contributed by atoms with Crippen molar-refractivity contribution in [2.24, 2.45) is 5.73 Å². The van der Waals surface area contributed by atoms with Crippen molar-refractivity contribution in [2.75, 3.05) is 11.1 Å². The second-order valence-electron chi connectivity index (χ2n) is 3.37.